The zero-order valence-electron chi connectivity index (χ0n) is 12.7. The van der Waals surface area contributed by atoms with Crippen molar-refractivity contribution in [2.24, 2.45) is 23.2 Å². The van der Waals surface area contributed by atoms with Crippen molar-refractivity contribution >= 4 is 5.82 Å². The predicted octanol–water partition coefficient (Wildman–Crippen LogP) is 3.43. The normalized spacial score (nSPS) is 38.4. The molecule has 0 aliphatic heterocycles. The lowest BCUT2D eigenvalue weighted by Crippen LogP contribution is -2.47. The zero-order chi connectivity index (χ0) is 13.9. The molecule has 0 amide bonds. The van der Waals surface area contributed by atoms with Crippen LogP contribution in [0.2, 0.25) is 0 Å². The van der Waals surface area contributed by atoms with Gasteiger partial charge in [0.15, 0.2) is 0 Å². The molecule has 1 aromatic rings. The first-order chi connectivity index (χ1) is 9.53. The van der Waals surface area contributed by atoms with Gasteiger partial charge in [-0.2, -0.15) is 0 Å². The summed E-state index contributed by atoms with van der Waals surface area (Å²) in [7, 11) is 0. The van der Waals surface area contributed by atoms with Gasteiger partial charge in [-0.1, -0.05) is 0 Å². The molecule has 4 bridgehead atoms. The summed E-state index contributed by atoms with van der Waals surface area (Å²) < 4.78 is 0. The number of hydrogen-bond acceptors (Lipinski definition) is 3. The van der Waals surface area contributed by atoms with Crippen LogP contribution in [0.5, 0.6) is 0 Å². The van der Waals surface area contributed by atoms with E-state index >= 15 is 0 Å². The Morgan fingerprint density at radius 2 is 1.55 bits per heavy atom. The number of nitrogens with zero attached hydrogens (tertiary/aromatic N) is 2. The molecule has 4 saturated carbocycles. The molecule has 4 aliphatic rings. The van der Waals surface area contributed by atoms with Crippen molar-refractivity contribution in [2.75, 3.05) is 5.73 Å². The van der Waals surface area contributed by atoms with Gasteiger partial charge in [-0.25, -0.2) is 9.97 Å². The second kappa shape index (κ2) is 4.19. The highest BCUT2D eigenvalue weighted by molar-refractivity contribution is 5.40. The number of rotatable bonds is 2. The molecular weight excluding hydrogens is 246 g/mol. The van der Waals surface area contributed by atoms with Crippen LogP contribution in [0.15, 0.2) is 0 Å². The number of nitrogens with two attached hydrogens (primary N) is 1. The van der Waals surface area contributed by atoms with E-state index in [2.05, 4.69) is 11.9 Å². The van der Waals surface area contributed by atoms with Gasteiger partial charge in [0.2, 0.25) is 0 Å². The number of anilines is 1. The number of aryl methyl sites for hydroxylation is 1. The number of nitrogen functional groups attached to an aromatic ring is 1. The minimum Gasteiger partial charge on any atom is -0.383 e. The highest BCUT2D eigenvalue weighted by atomic mass is 15.0. The Morgan fingerprint density at radius 1 is 1.00 bits per heavy atom. The lowest BCUT2D eigenvalue weighted by molar-refractivity contribution is -0.0531. The van der Waals surface area contributed by atoms with E-state index in [-0.39, 0.29) is 0 Å². The first-order valence-electron chi connectivity index (χ1n) is 8.13. The molecule has 0 unspecified atom stereocenters. The molecule has 4 aliphatic carbocycles. The Kier molecular flexibility index (Phi) is 2.64. The van der Waals surface area contributed by atoms with Gasteiger partial charge in [0.05, 0.1) is 0 Å². The highest BCUT2D eigenvalue weighted by Crippen LogP contribution is 2.60. The topological polar surface area (TPSA) is 51.8 Å². The minimum atomic E-state index is 0.503. The van der Waals surface area contributed by atoms with Crippen LogP contribution in [0, 0.1) is 37.0 Å². The molecule has 0 saturated heterocycles. The van der Waals surface area contributed by atoms with Crippen LogP contribution in [-0.4, -0.2) is 9.97 Å². The standard InChI is InChI=1S/C17H25N3/c1-10-11(2)19-15(20-16(10)18)9-17-6-12-3-13(7-17)5-14(4-12)8-17/h12-14H,3-9H2,1-2H3,(H2,18,19,20). The van der Waals surface area contributed by atoms with Gasteiger partial charge >= 0.3 is 0 Å². The molecule has 1 aromatic heterocycles. The molecule has 4 fully saturated rings. The van der Waals surface area contributed by atoms with Gasteiger partial charge < -0.3 is 5.73 Å². The maximum Gasteiger partial charge on any atom is 0.131 e. The summed E-state index contributed by atoms with van der Waals surface area (Å²) in [6.45, 7) is 4.07. The molecule has 3 heteroatoms. The minimum absolute atomic E-state index is 0.503. The average molecular weight is 271 g/mol. The second-order valence-electron chi connectivity index (χ2n) is 7.83. The Labute approximate surface area is 121 Å². The molecule has 0 atom stereocenters. The first kappa shape index (κ1) is 12.6. The van der Waals surface area contributed by atoms with Crippen LogP contribution >= 0.6 is 0 Å². The zero-order valence-corrected chi connectivity index (χ0v) is 12.7. The Balaban J connectivity index is 1.63. The van der Waals surface area contributed by atoms with Gasteiger partial charge in [-0.05, 0) is 75.5 Å². The van der Waals surface area contributed by atoms with E-state index in [0.29, 0.717) is 11.2 Å². The van der Waals surface area contributed by atoms with Crippen molar-refractivity contribution in [1.82, 2.24) is 9.97 Å². The lowest BCUT2D eigenvalue weighted by Gasteiger charge is -2.56. The number of aromatic nitrogens is 2. The summed E-state index contributed by atoms with van der Waals surface area (Å²) >= 11 is 0. The fourth-order valence-corrected chi connectivity index (χ4v) is 5.63. The smallest absolute Gasteiger partial charge is 0.131 e. The third kappa shape index (κ3) is 1.94. The lowest BCUT2D eigenvalue weighted by atomic mass is 9.49. The summed E-state index contributed by atoms with van der Waals surface area (Å²) in [5.74, 6) is 4.64. The largest absolute Gasteiger partial charge is 0.383 e. The van der Waals surface area contributed by atoms with E-state index in [1.54, 1.807) is 0 Å². The summed E-state index contributed by atoms with van der Waals surface area (Å²) in [4.78, 5) is 9.29. The van der Waals surface area contributed by atoms with E-state index in [1.807, 2.05) is 6.92 Å². The Bertz CT molecular complexity index is 491. The molecular formula is C17H25N3. The molecule has 3 nitrogen and oxygen atoms in total. The molecule has 20 heavy (non-hydrogen) atoms. The Hall–Kier alpha value is -1.12. The van der Waals surface area contributed by atoms with Crippen molar-refractivity contribution in [3.8, 4) is 0 Å². The van der Waals surface area contributed by atoms with Crippen LogP contribution in [0.25, 0.3) is 0 Å². The summed E-state index contributed by atoms with van der Waals surface area (Å²) in [6, 6.07) is 0. The molecule has 5 rings (SSSR count). The van der Waals surface area contributed by atoms with Crippen LogP contribution in [0.1, 0.15) is 55.6 Å². The predicted molar refractivity (Wildman–Crippen MR) is 80.2 cm³/mol. The monoisotopic (exact) mass is 271 g/mol. The van der Waals surface area contributed by atoms with Crippen LogP contribution in [0.3, 0.4) is 0 Å². The summed E-state index contributed by atoms with van der Waals surface area (Å²) in [5, 5.41) is 0. The molecule has 108 valence electrons. The maximum atomic E-state index is 6.04. The van der Waals surface area contributed by atoms with Gasteiger partial charge in [0.1, 0.15) is 11.6 Å². The van der Waals surface area contributed by atoms with Crippen molar-refractivity contribution in [3.63, 3.8) is 0 Å². The van der Waals surface area contributed by atoms with Gasteiger partial charge in [0.25, 0.3) is 0 Å². The van der Waals surface area contributed by atoms with E-state index < -0.39 is 0 Å². The van der Waals surface area contributed by atoms with Gasteiger partial charge in [-0.3, -0.25) is 0 Å². The van der Waals surface area contributed by atoms with Crippen LogP contribution in [0.4, 0.5) is 5.82 Å². The van der Waals surface area contributed by atoms with E-state index in [4.69, 9.17) is 10.7 Å². The third-order valence-electron chi connectivity index (χ3n) is 6.17. The molecule has 1 heterocycles. The number of hydrogen-bond donors (Lipinski definition) is 1. The average Bonchev–Trinajstić information content (AvgIpc) is 2.33. The third-order valence-corrected chi connectivity index (χ3v) is 6.17. The van der Waals surface area contributed by atoms with Crippen molar-refractivity contribution in [1.29, 1.82) is 0 Å². The molecule has 0 aromatic carbocycles. The second-order valence-corrected chi connectivity index (χ2v) is 7.83. The van der Waals surface area contributed by atoms with E-state index in [9.17, 15) is 0 Å². The highest BCUT2D eigenvalue weighted by Gasteiger charge is 2.51. The van der Waals surface area contributed by atoms with Gasteiger partial charge in [0, 0.05) is 17.7 Å². The molecule has 0 radical (unpaired) electrons. The maximum absolute atomic E-state index is 6.04. The van der Waals surface area contributed by atoms with Crippen LogP contribution < -0.4 is 5.73 Å². The molecule has 2 N–H and O–H groups in total. The van der Waals surface area contributed by atoms with Crippen molar-refractivity contribution in [2.45, 2.75) is 58.8 Å². The fourth-order valence-electron chi connectivity index (χ4n) is 5.63. The van der Waals surface area contributed by atoms with Crippen molar-refractivity contribution < 1.29 is 0 Å². The summed E-state index contributed by atoms with van der Waals surface area (Å²) in [6.07, 6.45) is 9.78. The summed E-state index contributed by atoms with van der Waals surface area (Å²) in [5.41, 5.74) is 8.63. The SMILES string of the molecule is Cc1nc(CC23CC4CC(CC(C4)C2)C3)nc(N)c1C. The van der Waals surface area contributed by atoms with Gasteiger partial charge in [-0.15, -0.1) is 0 Å². The fraction of sp³-hybridized carbons (Fsp3) is 0.765. The van der Waals surface area contributed by atoms with Crippen molar-refractivity contribution in [3.05, 3.63) is 17.1 Å². The van der Waals surface area contributed by atoms with E-state index in [1.165, 1.54) is 38.5 Å². The Morgan fingerprint density at radius 3 is 2.05 bits per heavy atom. The van der Waals surface area contributed by atoms with Crippen LogP contribution in [-0.2, 0) is 6.42 Å². The first-order valence-corrected chi connectivity index (χ1v) is 8.13. The quantitative estimate of drug-likeness (QED) is 0.896. The molecule has 0 spiro atoms. The van der Waals surface area contributed by atoms with E-state index in [0.717, 1.165) is 41.3 Å².